The quantitative estimate of drug-likeness (QED) is 0.421. The summed E-state index contributed by atoms with van der Waals surface area (Å²) in [5.74, 6) is 0.284. The Morgan fingerprint density at radius 3 is 2.68 bits per heavy atom. The fourth-order valence-corrected chi connectivity index (χ4v) is 3.01. The van der Waals surface area contributed by atoms with Gasteiger partial charge in [0.1, 0.15) is 0 Å². The second-order valence-corrected chi connectivity index (χ2v) is 6.67. The second-order valence-electron chi connectivity index (χ2n) is 6.67. The van der Waals surface area contributed by atoms with Gasteiger partial charge in [-0.05, 0) is 18.9 Å². The molecule has 3 rings (SSSR count). The largest absolute Gasteiger partial charge is 0.392 e. The molecular weight excluding hydrogens is 360 g/mol. The average Bonchev–Trinajstić information content (AvgIpc) is 3.02. The van der Waals surface area contributed by atoms with Crippen LogP contribution in [0.3, 0.4) is 0 Å². The summed E-state index contributed by atoms with van der Waals surface area (Å²) >= 11 is 0. The van der Waals surface area contributed by atoms with Crippen molar-refractivity contribution >= 4 is 22.8 Å². The summed E-state index contributed by atoms with van der Waals surface area (Å²) in [4.78, 5) is 30.9. The van der Waals surface area contributed by atoms with Crippen LogP contribution in [0.15, 0.2) is 45.0 Å². The van der Waals surface area contributed by atoms with E-state index in [0.717, 1.165) is 24.1 Å². The second kappa shape index (κ2) is 8.22. The molecule has 9 heteroatoms. The minimum Gasteiger partial charge on any atom is -0.392 e. The normalized spacial score (nSPS) is 13.1. The summed E-state index contributed by atoms with van der Waals surface area (Å²) in [6.07, 6.45) is 0.947. The van der Waals surface area contributed by atoms with Gasteiger partial charge in [-0.1, -0.05) is 43.7 Å². The lowest BCUT2D eigenvalue weighted by Crippen LogP contribution is -2.29. The molecule has 0 aliphatic carbocycles. The number of fused-ring (bicyclic) bond motifs is 1. The predicted octanol–water partition coefficient (Wildman–Crippen LogP) is 1.42. The monoisotopic (exact) mass is 384 g/mol. The summed E-state index contributed by atoms with van der Waals surface area (Å²) in [5.41, 5.74) is 4.09. The van der Waals surface area contributed by atoms with Gasteiger partial charge in [-0.3, -0.25) is 14.3 Å². The van der Waals surface area contributed by atoms with Gasteiger partial charge in [0.25, 0.3) is 5.56 Å². The highest BCUT2D eigenvalue weighted by molar-refractivity contribution is 6.00. The summed E-state index contributed by atoms with van der Waals surface area (Å²) in [7, 11) is 1.53. The van der Waals surface area contributed by atoms with Gasteiger partial charge < -0.3 is 9.67 Å². The number of H-pyrrole nitrogens is 1. The Labute approximate surface area is 161 Å². The molecule has 0 saturated carbocycles. The lowest BCUT2D eigenvalue weighted by atomic mass is 10.1. The summed E-state index contributed by atoms with van der Waals surface area (Å²) in [6, 6.07) is 9.78. The van der Waals surface area contributed by atoms with Gasteiger partial charge in [0.05, 0.1) is 18.4 Å². The summed E-state index contributed by atoms with van der Waals surface area (Å²) in [5, 5.41) is 14.4. The minimum atomic E-state index is -0.720. The summed E-state index contributed by atoms with van der Waals surface area (Å²) in [6.45, 7) is 3.81. The Balaban J connectivity index is 2.11. The first-order chi connectivity index (χ1) is 13.4. The van der Waals surface area contributed by atoms with Crippen molar-refractivity contribution < 1.29 is 5.11 Å². The summed E-state index contributed by atoms with van der Waals surface area (Å²) < 4.78 is 2.80. The number of hydrogen-bond acceptors (Lipinski definition) is 6. The molecule has 1 aromatic carbocycles. The predicted molar refractivity (Wildman–Crippen MR) is 109 cm³/mol. The van der Waals surface area contributed by atoms with Crippen molar-refractivity contribution in [1.82, 2.24) is 19.1 Å². The lowest BCUT2D eigenvalue weighted by molar-refractivity contribution is 0.175. The van der Waals surface area contributed by atoms with Crippen molar-refractivity contribution in [2.24, 2.45) is 12.1 Å². The molecule has 0 amide bonds. The third-order valence-corrected chi connectivity index (χ3v) is 4.34. The maximum Gasteiger partial charge on any atom is 0.329 e. The zero-order chi connectivity index (χ0) is 20.3. The number of aliphatic hydroxyl groups is 1. The molecule has 3 N–H and O–H groups in total. The Morgan fingerprint density at radius 2 is 2.04 bits per heavy atom. The highest BCUT2D eigenvalue weighted by atomic mass is 16.3. The molecule has 1 atom stereocenters. The number of nitrogens with zero attached hydrogens (tertiary/aromatic N) is 4. The molecule has 148 valence electrons. The van der Waals surface area contributed by atoms with E-state index in [1.165, 1.54) is 16.2 Å². The number of aliphatic hydroxyl groups excluding tert-OH is 1. The first-order valence-electron chi connectivity index (χ1n) is 9.18. The van der Waals surface area contributed by atoms with E-state index in [2.05, 4.69) is 27.4 Å². The third-order valence-electron chi connectivity index (χ3n) is 4.34. The molecule has 2 aromatic heterocycles. The van der Waals surface area contributed by atoms with E-state index in [1.807, 2.05) is 30.3 Å². The SMILES string of the molecule is CCCC(=NNc1nc2c(c(=O)[nH]c(=O)n2C)n1C[C@H](C)O)c1ccccc1. The van der Waals surface area contributed by atoms with Crippen molar-refractivity contribution in [2.45, 2.75) is 39.3 Å². The number of anilines is 1. The Morgan fingerprint density at radius 1 is 1.32 bits per heavy atom. The molecule has 0 fully saturated rings. The maximum atomic E-state index is 12.4. The van der Waals surface area contributed by atoms with Crippen molar-refractivity contribution in [2.75, 3.05) is 5.43 Å². The average molecular weight is 384 g/mol. The Kier molecular flexibility index (Phi) is 5.74. The molecule has 2 heterocycles. The van der Waals surface area contributed by atoms with Crippen LogP contribution in [0.25, 0.3) is 11.2 Å². The number of aryl methyl sites for hydroxylation is 1. The number of hydrogen-bond donors (Lipinski definition) is 3. The molecule has 0 aliphatic heterocycles. The van der Waals surface area contributed by atoms with Gasteiger partial charge in [0, 0.05) is 7.05 Å². The highest BCUT2D eigenvalue weighted by Gasteiger charge is 2.18. The van der Waals surface area contributed by atoms with E-state index in [9.17, 15) is 14.7 Å². The van der Waals surface area contributed by atoms with Gasteiger partial charge in [0.15, 0.2) is 11.2 Å². The molecule has 0 aliphatic rings. The van der Waals surface area contributed by atoms with E-state index in [0.29, 0.717) is 0 Å². The van der Waals surface area contributed by atoms with Crippen LogP contribution in [-0.4, -0.2) is 36.0 Å². The highest BCUT2D eigenvalue weighted by Crippen LogP contribution is 2.17. The molecule has 28 heavy (non-hydrogen) atoms. The topological polar surface area (TPSA) is 117 Å². The van der Waals surface area contributed by atoms with Crippen molar-refractivity contribution in [3.8, 4) is 0 Å². The van der Waals surface area contributed by atoms with Crippen molar-refractivity contribution in [3.05, 3.63) is 56.7 Å². The van der Waals surface area contributed by atoms with Crippen molar-refractivity contribution in [1.29, 1.82) is 0 Å². The molecule has 0 saturated heterocycles. The number of nitrogens with one attached hydrogen (secondary N) is 2. The molecule has 3 aromatic rings. The van der Waals surface area contributed by atoms with E-state index < -0.39 is 17.4 Å². The fraction of sp³-hybridized carbons (Fsp3) is 0.368. The van der Waals surface area contributed by atoms with E-state index in [4.69, 9.17) is 0 Å². The zero-order valence-corrected chi connectivity index (χ0v) is 16.1. The van der Waals surface area contributed by atoms with Gasteiger partial charge >= 0.3 is 5.69 Å². The molecule has 9 nitrogen and oxygen atoms in total. The van der Waals surface area contributed by atoms with E-state index in [-0.39, 0.29) is 23.7 Å². The number of rotatable bonds is 7. The van der Waals surface area contributed by atoms with Crippen LogP contribution in [0.1, 0.15) is 32.3 Å². The Hall–Kier alpha value is -3.20. The number of aromatic nitrogens is 4. The lowest BCUT2D eigenvalue weighted by Gasteiger charge is -2.11. The fourth-order valence-electron chi connectivity index (χ4n) is 3.01. The zero-order valence-electron chi connectivity index (χ0n) is 16.1. The number of imidazole rings is 1. The number of aromatic amines is 1. The maximum absolute atomic E-state index is 12.4. The number of benzene rings is 1. The van der Waals surface area contributed by atoms with Crippen LogP contribution in [0.2, 0.25) is 0 Å². The van der Waals surface area contributed by atoms with Crippen LogP contribution in [-0.2, 0) is 13.6 Å². The van der Waals surface area contributed by atoms with Crippen molar-refractivity contribution in [3.63, 3.8) is 0 Å². The molecule has 0 unspecified atom stereocenters. The molecule has 0 bridgehead atoms. The first kappa shape index (κ1) is 19.6. The number of hydrazone groups is 1. The van der Waals surface area contributed by atoms with Crippen LogP contribution in [0.5, 0.6) is 0 Å². The van der Waals surface area contributed by atoms with Gasteiger partial charge in [0.2, 0.25) is 5.95 Å². The molecule has 0 radical (unpaired) electrons. The van der Waals surface area contributed by atoms with Crippen LogP contribution < -0.4 is 16.7 Å². The van der Waals surface area contributed by atoms with Crippen LogP contribution in [0, 0.1) is 0 Å². The molecular formula is C19H24N6O3. The molecule has 0 spiro atoms. The first-order valence-corrected chi connectivity index (χ1v) is 9.18. The van der Waals surface area contributed by atoms with Crippen LogP contribution >= 0.6 is 0 Å². The van der Waals surface area contributed by atoms with Crippen LogP contribution in [0.4, 0.5) is 5.95 Å². The van der Waals surface area contributed by atoms with Gasteiger partial charge in [-0.15, -0.1) is 0 Å². The third kappa shape index (κ3) is 3.89. The van der Waals surface area contributed by atoms with Gasteiger partial charge in [-0.2, -0.15) is 10.1 Å². The minimum absolute atomic E-state index is 0.129. The standard InChI is InChI=1S/C19H24N6O3/c1-4-8-14(13-9-6-5-7-10-13)22-23-18-20-16-15(25(18)11-12(2)26)17(27)21-19(28)24(16)3/h5-7,9-10,12,26H,4,8,11H2,1-3H3,(H,20,23)(H,21,27,28)/t12-/m0/s1. The smallest absolute Gasteiger partial charge is 0.329 e. The van der Waals surface area contributed by atoms with E-state index in [1.54, 1.807) is 6.92 Å². The van der Waals surface area contributed by atoms with E-state index >= 15 is 0 Å². The van der Waals surface area contributed by atoms with Gasteiger partial charge in [-0.25, -0.2) is 10.2 Å². The Bertz CT molecular complexity index is 1110.